The Balaban J connectivity index is 3.37. The van der Waals surface area contributed by atoms with Crippen LogP contribution in [0.15, 0.2) is 16.9 Å². The zero-order valence-electron chi connectivity index (χ0n) is 8.61. The van der Waals surface area contributed by atoms with E-state index in [-0.39, 0.29) is 17.9 Å². The van der Waals surface area contributed by atoms with E-state index in [0.717, 1.165) is 0 Å². The van der Waals surface area contributed by atoms with Crippen molar-refractivity contribution in [2.75, 3.05) is 0 Å². The van der Waals surface area contributed by atoms with Gasteiger partial charge in [-0.1, -0.05) is 0 Å². The molecule has 5 heteroatoms. The van der Waals surface area contributed by atoms with E-state index in [2.05, 4.69) is 0 Å². The second-order valence-electron chi connectivity index (χ2n) is 3.30. The largest absolute Gasteiger partial charge is 0.368 e. The summed E-state index contributed by atoms with van der Waals surface area (Å²) in [6.07, 6.45) is 0. The number of amides is 1. The predicted molar refractivity (Wildman–Crippen MR) is 54.6 cm³/mol. The van der Waals surface area contributed by atoms with E-state index in [1.807, 2.05) is 0 Å². The number of ketones is 1. The normalized spacial score (nSPS) is 10.0. The molecule has 0 aliphatic rings. The number of primary amides is 1. The molecule has 0 saturated carbocycles. The van der Waals surface area contributed by atoms with E-state index >= 15 is 0 Å². The van der Waals surface area contributed by atoms with Gasteiger partial charge in [0.05, 0.1) is 5.56 Å². The molecule has 15 heavy (non-hydrogen) atoms. The second kappa shape index (κ2) is 4.08. The highest BCUT2D eigenvalue weighted by Gasteiger charge is 2.10. The maximum Gasteiger partial charge on any atom is 0.262 e. The zero-order valence-corrected chi connectivity index (χ0v) is 8.61. The van der Waals surface area contributed by atoms with Crippen LogP contribution in [0.2, 0.25) is 0 Å². The van der Waals surface area contributed by atoms with Crippen LogP contribution in [-0.4, -0.2) is 16.3 Å². The van der Waals surface area contributed by atoms with Gasteiger partial charge in [0.15, 0.2) is 5.78 Å². The van der Waals surface area contributed by atoms with Gasteiger partial charge in [-0.25, -0.2) is 0 Å². The van der Waals surface area contributed by atoms with E-state index in [0.29, 0.717) is 5.69 Å². The SMILES string of the molecule is CC(=O)c1ccc(C)n(CC(N)=O)c1=O. The molecule has 0 aromatic carbocycles. The predicted octanol–water partition coefficient (Wildman–Crippen LogP) is -0.155. The number of hydrogen-bond acceptors (Lipinski definition) is 3. The topological polar surface area (TPSA) is 82.2 Å². The summed E-state index contributed by atoms with van der Waals surface area (Å²) >= 11 is 0. The summed E-state index contributed by atoms with van der Waals surface area (Å²) in [5.74, 6) is -0.931. The van der Waals surface area contributed by atoms with Gasteiger partial charge in [-0.2, -0.15) is 0 Å². The van der Waals surface area contributed by atoms with Gasteiger partial charge < -0.3 is 10.3 Å². The summed E-state index contributed by atoms with van der Waals surface area (Å²) in [7, 11) is 0. The van der Waals surface area contributed by atoms with Crippen LogP contribution in [0.1, 0.15) is 23.0 Å². The van der Waals surface area contributed by atoms with Crippen LogP contribution < -0.4 is 11.3 Å². The van der Waals surface area contributed by atoms with E-state index in [4.69, 9.17) is 5.73 Å². The van der Waals surface area contributed by atoms with Crippen molar-refractivity contribution in [3.8, 4) is 0 Å². The number of nitrogens with zero attached hydrogens (tertiary/aromatic N) is 1. The monoisotopic (exact) mass is 208 g/mol. The molecule has 1 aromatic heterocycles. The smallest absolute Gasteiger partial charge is 0.262 e. The summed E-state index contributed by atoms with van der Waals surface area (Å²) in [5, 5.41) is 0. The second-order valence-corrected chi connectivity index (χ2v) is 3.30. The van der Waals surface area contributed by atoms with Gasteiger partial charge in [-0.3, -0.25) is 14.4 Å². The Morgan fingerprint density at radius 1 is 1.40 bits per heavy atom. The van der Waals surface area contributed by atoms with Gasteiger partial charge in [-0.05, 0) is 26.0 Å². The first-order valence-electron chi connectivity index (χ1n) is 4.43. The van der Waals surface area contributed by atoms with Crippen LogP contribution in [0, 0.1) is 6.92 Å². The van der Waals surface area contributed by atoms with Crippen molar-refractivity contribution in [3.05, 3.63) is 33.7 Å². The molecule has 5 nitrogen and oxygen atoms in total. The van der Waals surface area contributed by atoms with Crippen molar-refractivity contribution in [2.24, 2.45) is 5.73 Å². The molecule has 0 saturated heterocycles. The summed E-state index contributed by atoms with van der Waals surface area (Å²) in [6, 6.07) is 3.07. The average molecular weight is 208 g/mol. The van der Waals surface area contributed by atoms with Crippen molar-refractivity contribution >= 4 is 11.7 Å². The van der Waals surface area contributed by atoms with Crippen molar-refractivity contribution < 1.29 is 9.59 Å². The Labute approximate surface area is 86.5 Å². The fourth-order valence-electron chi connectivity index (χ4n) is 1.29. The summed E-state index contributed by atoms with van der Waals surface area (Å²) in [5.41, 5.74) is 5.21. The van der Waals surface area contributed by atoms with E-state index in [9.17, 15) is 14.4 Å². The Morgan fingerprint density at radius 2 is 2.00 bits per heavy atom. The van der Waals surface area contributed by atoms with E-state index in [1.54, 1.807) is 13.0 Å². The minimum absolute atomic E-state index is 0.0712. The maximum absolute atomic E-state index is 11.7. The fourth-order valence-corrected chi connectivity index (χ4v) is 1.29. The van der Waals surface area contributed by atoms with Crippen LogP contribution in [0.3, 0.4) is 0 Å². The number of rotatable bonds is 3. The van der Waals surface area contributed by atoms with Gasteiger partial charge in [0.1, 0.15) is 6.54 Å². The lowest BCUT2D eigenvalue weighted by Gasteiger charge is -2.08. The maximum atomic E-state index is 11.7. The third-order valence-electron chi connectivity index (χ3n) is 2.09. The lowest BCUT2D eigenvalue weighted by atomic mass is 10.2. The number of pyridine rings is 1. The molecule has 0 atom stereocenters. The van der Waals surface area contributed by atoms with Gasteiger partial charge >= 0.3 is 0 Å². The molecule has 1 aromatic rings. The van der Waals surface area contributed by atoms with Gasteiger partial charge in [0.2, 0.25) is 5.91 Å². The molecular weight excluding hydrogens is 196 g/mol. The average Bonchev–Trinajstić information content (AvgIpc) is 2.11. The van der Waals surface area contributed by atoms with Crippen molar-refractivity contribution in [1.82, 2.24) is 4.57 Å². The molecule has 2 N–H and O–H groups in total. The molecule has 1 heterocycles. The quantitative estimate of drug-likeness (QED) is 0.701. The molecule has 0 aliphatic carbocycles. The van der Waals surface area contributed by atoms with E-state index < -0.39 is 11.5 Å². The molecule has 1 amide bonds. The van der Waals surface area contributed by atoms with Crippen LogP contribution in [0.4, 0.5) is 0 Å². The van der Waals surface area contributed by atoms with Crippen LogP contribution in [0.25, 0.3) is 0 Å². The lowest BCUT2D eigenvalue weighted by molar-refractivity contribution is -0.118. The summed E-state index contributed by atoms with van der Waals surface area (Å²) < 4.78 is 1.19. The Bertz CT molecular complexity index is 474. The van der Waals surface area contributed by atoms with Crippen molar-refractivity contribution in [1.29, 1.82) is 0 Å². The molecule has 0 bridgehead atoms. The Kier molecular flexibility index (Phi) is 3.04. The highest BCUT2D eigenvalue weighted by Crippen LogP contribution is 1.99. The molecule has 0 spiro atoms. The van der Waals surface area contributed by atoms with Gasteiger partial charge in [0.25, 0.3) is 5.56 Å². The molecule has 0 radical (unpaired) electrons. The van der Waals surface area contributed by atoms with Crippen LogP contribution >= 0.6 is 0 Å². The molecule has 0 fully saturated rings. The Hall–Kier alpha value is -1.91. The minimum Gasteiger partial charge on any atom is -0.368 e. The van der Waals surface area contributed by atoms with Crippen LogP contribution in [0.5, 0.6) is 0 Å². The lowest BCUT2D eigenvalue weighted by Crippen LogP contribution is -2.32. The highest BCUT2D eigenvalue weighted by molar-refractivity contribution is 5.93. The van der Waals surface area contributed by atoms with Gasteiger partial charge in [0, 0.05) is 5.69 Å². The number of carbonyl (C=O) groups excluding carboxylic acids is 2. The number of aromatic nitrogens is 1. The fraction of sp³-hybridized carbons (Fsp3) is 0.300. The first kappa shape index (κ1) is 11.2. The molecule has 80 valence electrons. The highest BCUT2D eigenvalue weighted by atomic mass is 16.2. The van der Waals surface area contributed by atoms with E-state index in [1.165, 1.54) is 17.6 Å². The number of aryl methyl sites for hydroxylation is 1. The first-order chi connectivity index (χ1) is 6.93. The molecular formula is C10H12N2O3. The molecule has 1 rings (SSSR count). The third-order valence-corrected chi connectivity index (χ3v) is 2.09. The van der Waals surface area contributed by atoms with Crippen molar-refractivity contribution in [3.63, 3.8) is 0 Å². The van der Waals surface area contributed by atoms with Crippen LogP contribution in [-0.2, 0) is 11.3 Å². The number of Topliss-reactive ketones (excluding diaryl/α,β-unsaturated/α-hetero) is 1. The Morgan fingerprint density at radius 3 is 2.47 bits per heavy atom. The van der Waals surface area contributed by atoms with Crippen molar-refractivity contribution in [2.45, 2.75) is 20.4 Å². The zero-order chi connectivity index (χ0) is 11.6. The summed E-state index contributed by atoms with van der Waals surface area (Å²) in [6.45, 7) is 2.78. The van der Waals surface area contributed by atoms with Gasteiger partial charge in [-0.15, -0.1) is 0 Å². The number of nitrogens with two attached hydrogens (primary N) is 1. The number of hydrogen-bond donors (Lipinski definition) is 1. The molecule has 0 unspecified atom stereocenters. The number of carbonyl (C=O) groups is 2. The summed E-state index contributed by atoms with van der Waals surface area (Å²) in [4.78, 5) is 33.5. The third kappa shape index (κ3) is 2.31. The standard InChI is InChI=1S/C10H12N2O3/c1-6-3-4-8(7(2)13)10(15)12(6)5-9(11)14/h3-4H,5H2,1-2H3,(H2,11,14). The minimum atomic E-state index is -0.610. The molecule has 0 aliphatic heterocycles. The first-order valence-corrected chi connectivity index (χ1v) is 4.43.